The van der Waals surface area contributed by atoms with Crippen molar-refractivity contribution >= 4 is 5.97 Å². The topological polar surface area (TPSA) is 38.8 Å². The number of hydrogen-bond donors (Lipinski definition) is 0. The predicted molar refractivity (Wildman–Crippen MR) is 63.3 cm³/mol. The highest BCUT2D eigenvalue weighted by Crippen LogP contribution is 2.28. The molecule has 94 valence electrons. The monoisotopic (exact) mass is 228 g/mol. The average Bonchev–Trinajstić information content (AvgIpc) is 3.06. The first kappa shape index (κ1) is 13.5. The second kappa shape index (κ2) is 7.66. The van der Waals surface area contributed by atoms with Crippen LogP contribution in [0.4, 0.5) is 0 Å². The fourth-order valence-electron chi connectivity index (χ4n) is 1.99. The molecule has 0 aromatic rings. The second-order valence-electron chi connectivity index (χ2n) is 4.53. The molecule has 3 heteroatoms. The Morgan fingerprint density at radius 1 is 1.12 bits per heavy atom. The summed E-state index contributed by atoms with van der Waals surface area (Å²) in [5.41, 5.74) is 0. The molecule has 1 heterocycles. The summed E-state index contributed by atoms with van der Waals surface area (Å²) in [7, 11) is 1.41. The second-order valence-corrected chi connectivity index (χ2v) is 4.53. The molecular weight excluding hydrogens is 204 g/mol. The van der Waals surface area contributed by atoms with E-state index in [4.69, 9.17) is 4.74 Å². The third kappa shape index (κ3) is 4.97. The van der Waals surface area contributed by atoms with E-state index in [1.165, 1.54) is 52.1 Å². The zero-order valence-corrected chi connectivity index (χ0v) is 10.5. The van der Waals surface area contributed by atoms with Gasteiger partial charge in [0.05, 0.1) is 13.2 Å². The first-order valence-corrected chi connectivity index (χ1v) is 6.53. The van der Waals surface area contributed by atoms with Crippen LogP contribution in [-0.2, 0) is 14.3 Å². The molecule has 0 spiro atoms. The Balaban J connectivity index is 1.84. The van der Waals surface area contributed by atoms with Crippen LogP contribution >= 0.6 is 0 Å². The number of ether oxygens (including phenoxy) is 2. The van der Waals surface area contributed by atoms with Crippen LogP contribution in [0.25, 0.3) is 0 Å². The fraction of sp³-hybridized carbons (Fsp3) is 0.923. The molecule has 1 fully saturated rings. The highest BCUT2D eigenvalue weighted by atomic mass is 16.6. The first-order chi connectivity index (χ1) is 7.79. The highest BCUT2D eigenvalue weighted by molar-refractivity contribution is 5.77. The summed E-state index contributed by atoms with van der Waals surface area (Å²) in [6.07, 6.45) is 10.0. The number of rotatable bonds is 9. The van der Waals surface area contributed by atoms with Gasteiger partial charge in [0.15, 0.2) is 6.10 Å². The zero-order chi connectivity index (χ0) is 11.8. The largest absolute Gasteiger partial charge is 0.467 e. The molecule has 0 radical (unpaired) electrons. The van der Waals surface area contributed by atoms with Gasteiger partial charge in [0, 0.05) is 0 Å². The predicted octanol–water partition coefficient (Wildman–Crippen LogP) is 3.07. The lowest BCUT2D eigenvalue weighted by atomic mass is 10.1. The lowest BCUT2D eigenvalue weighted by Gasteiger charge is -1.99. The van der Waals surface area contributed by atoms with E-state index in [0.29, 0.717) is 0 Å². The van der Waals surface area contributed by atoms with Gasteiger partial charge < -0.3 is 9.47 Å². The van der Waals surface area contributed by atoms with E-state index in [-0.39, 0.29) is 18.2 Å². The number of carbonyl (C=O) groups excluding carboxylic acids is 1. The van der Waals surface area contributed by atoms with E-state index in [2.05, 4.69) is 11.7 Å². The van der Waals surface area contributed by atoms with Crippen molar-refractivity contribution in [2.75, 3.05) is 7.11 Å². The number of hydrogen-bond acceptors (Lipinski definition) is 3. The average molecular weight is 228 g/mol. The van der Waals surface area contributed by atoms with Gasteiger partial charge >= 0.3 is 5.97 Å². The van der Waals surface area contributed by atoms with Gasteiger partial charge in [-0.15, -0.1) is 0 Å². The Morgan fingerprint density at radius 3 is 2.38 bits per heavy atom. The van der Waals surface area contributed by atoms with Crippen LogP contribution in [0.5, 0.6) is 0 Å². The Bertz CT molecular complexity index is 203. The molecule has 0 bridgehead atoms. The number of esters is 1. The van der Waals surface area contributed by atoms with Crippen LogP contribution in [0.2, 0.25) is 0 Å². The smallest absolute Gasteiger partial charge is 0.337 e. The van der Waals surface area contributed by atoms with E-state index in [1.807, 2.05) is 0 Å². The van der Waals surface area contributed by atoms with Crippen LogP contribution in [0.3, 0.4) is 0 Å². The Hall–Kier alpha value is -0.570. The maximum Gasteiger partial charge on any atom is 0.337 e. The van der Waals surface area contributed by atoms with Crippen molar-refractivity contribution in [2.24, 2.45) is 0 Å². The summed E-state index contributed by atoms with van der Waals surface area (Å²) >= 11 is 0. The van der Waals surface area contributed by atoms with Crippen molar-refractivity contribution in [3.05, 3.63) is 0 Å². The first-order valence-electron chi connectivity index (χ1n) is 6.53. The molecule has 0 aromatic heterocycles. The molecule has 0 saturated carbocycles. The van der Waals surface area contributed by atoms with Gasteiger partial charge in [0.1, 0.15) is 0 Å². The molecule has 0 aromatic carbocycles. The number of carbonyl (C=O) groups is 1. The fourth-order valence-corrected chi connectivity index (χ4v) is 1.99. The molecular formula is C13H24O3. The van der Waals surface area contributed by atoms with Crippen LogP contribution in [0, 0.1) is 0 Å². The van der Waals surface area contributed by atoms with Gasteiger partial charge in [-0.05, 0) is 6.42 Å². The van der Waals surface area contributed by atoms with Crippen molar-refractivity contribution in [2.45, 2.75) is 70.5 Å². The van der Waals surface area contributed by atoms with E-state index < -0.39 is 0 Å². The minimum absolute atomic E-state index is 0.142. The normalized spacial score (nSPS) is 23.1. The maximum absolute atomic E-state index is 11.0. The number of epoxide rings is 1. The lowest BCUT2D eigenvalue weighted by Crippen LogP contribution is -2.11. The van der Waals surface area contributed by atoms with Gasteiger partial charge in [-0.3, -0.25) is 0 Å². The third-order valence-corrected chi connectivity index (χ3v) is 3.11. The number of unbranched alkanes of at least 4 members (excludes halogenated alkanes) is 6. The summed E-state index contributed by atoms with van der Waals surface area (Å²) in [6.45, 7) is 2.23. The molecule has 16 heavy (non-hydrogen) atoms. The SMILES string of the molecule is CCCCCCCCC[C@H]1OC1C(=O)OC. The minimum atomic E-state index is -0.259. The zero-order valence-electron chi connectivity index (χ0n) is 10.5. The molecule has 1 aliphatic rings. The molecule has 0 N–H and O–H groups in total. The number of methoxy groups -OCH3 is 1. The van der Waals surface area contributed by atoms with E-state index in [1.54, 1.807) is 0 Å². The summed E-state index contributed by atoms with van der Waals surface area (Å²) in [5, 5.41) is 0. The third-order valence-electron chi connectivity index (χ3n) is 3.11. The van der Waals surface area contributed by atoms with Crippen molar-refractivity contribution in [3.63, 3.8) is 0 Å². The van der Waals surface area contributed by atoms with Gasteiger partial charge in [-0.25, -0.2) is 4.79 Å². The Labute approximate surface area is 98.5 Å². The van der Waals surface area contributed by atoms with Gasteiger partial charge in [-0.1, -0.05) is 51.9 Å². The minimum Gasteiger partial charge on any atom is -0.467 e. The summed E-state index contributed by atoms with van der Waals surface area (Å²) in [5.74, 6) is -0.215. The maximum atomic E-state index is 11.0. The standard InChI is InChI=1S/C13H24O3/c1-3-4-5-6-7-8-9-10-11-12(16-11)13(14)15-2/h11-12H,3-10H2,1-2H3/t11-,12?/m1/s1. The Morgan fingerprint density at radius 2 is 1.75 bits per heavy atom. The van der Waals surface area contributed by atoms with Crippen LogP contribution < -0.4 is 0 Å². The molecule has 3 nitrogen and oxygen atoms in total. The van der Waals surface area contributed by atoms with Gasteiger partial charge in [0.25, 0.3) is 0 Å². The lowest BCUT2D eigenvalue weighted by molar-refractivity contribution is -0.142. The molecule has 1 saturated heterocycles. The summed E-state index contributed by atoms with van der Waals surface area (Å²) in [4.78, 5) is 11.0. The van der Waals surface area contributed by atoms with Gasteiger partial charge in [-0.2, -0.15) is 0 Å². The molecule has 2 atom stereocenters. The van der Waals surface area contributed by atoms with Crippen LogP contribution in [-0.4, -0.2) is 25.3 Å². The summed E-state index contributed by atoms with van der Waals surface area (Å²) < 4.78 is 9.85. The van der Waals surface area contributed by atoms with E-state index >= 15 is 0 Å². The van der Waals surface area contributed by atoms with Crippen molar-refractivity contribution < 1.29 is 14.3 Å². The highest BCUT2D eigenvalue weighted by Gasteiger charge is 2.45. The molecule has 0 aliphatic carbocycles. The van der Waals surface area contributed by atoms with E-state index in [0.717, 1.165) is 6.42 Å². The Kier molecular flexibility index (Phi) is 6.46. The van der Waals surface area contributed by atoms with E-state index in [9.17, 15) is 4.79 Å². The van der Waals surface area contributed by atoms with Crippen LogP contribution in [0.1, 0.15) is 58.3 Å². The molecule has 1 rings (SSSR count). The van der Waals surface area contributed by atoms with Crippen LogP contribution in [0.15, 0.2) is 0 Å². The molecule has 1 aliphatic heterocycles. The van der Waals surface area contributed by atoms with Crippen molar-refractivity contribution in [1.82, 2.24) is 0 Å². The van der Waals surface area contributed by atoms with Crippen molar-refractivity contribution in [3.8, 4) is 0 Å². The summed E-state index contributed by atoms with van der Waals surface area (Å²) in [6, 6.07) is 0. The molecule has 1 unspecified atom stereocenters. The molecule has 0 amide bonds. The quantitative estimate of drug-likeness (QED) is 0.346. The van der Waals surface area contributed by atoms with Crippen molar-refractivity contribution in [1.29, 1.82) is 0 Å². The van der Waals surface area contributed by atoms with Gasteiger partial charge in [0.2, 0.25) is 0 Å².